The Morgan fingerprint density at radius 3 is 1.47 bits per heavy atom. The molecule has 1 aromatic heterocycles. The van der Waals surface area contributed by atoms with Gasteiger partial charge in [0.2, 0.25) is 0 Å². The van der Waals surface area contributed by atoms with Gasteiger partial charge in [-0.2, -0.15) is 0 Å². The van der Waals surface area contributed by atoms with Crippen LogP contribution in [0.15, 0.2) is 146 Å². The van der Waals surface area contributed by atoms with Gasteiger partial charge in [0.05, 0.1) is 0 Å². The Labute approximate surface area is 302 Å². The maximum Gasteiger partial charge on any atom is 0.0361 e. The minimum atomic E-state index is -0.119. The van der Waals surface area contributed by atoms with Crippen molar-refractivity contribution in [3.05, 3.63) is 168 Å². The largest absolute Gasteiger partial charge is 0.135 e. The van der Waals surface area contributed by atoms with Crippen molar-refractivity contribution in [3.63, 3.8) is 0 Å². The standard InChI is InChI=1S/C50H36S/c1-49(2)41-19-11-9-13-31(41)39-27-40-32-23-21-29(25-42(32)50(3,4)44(40)28-43(39)49)47-35-15-5-7-17-37(35)48(38-18-8-6-16-36(38)47)30-22-24-34-33-14-10-12-20-45(33)51-46(34)26-30/h5-28H,1-4H3. The van der Waals surface area contributed by atoms with E-state index >= 15 is 0 Å². The first-order chi connectivity index (χ1) is 24.8. The van der Waals surface area contributed by atoms with Gasteiger partial charge in [-0.25, -0.2) is 0 Å². The third kappa shape index (κ3) is 3.85. The van der Waals surface area contributed by atoms with E-state index in [1.54, 1.807) is 0 Å². The number of thiophene rings is 1. The van der Waals surface area contributed by atoms with Crippen molar-refractivity contribution in [1.29, 1.82) is 0 Å². The van der Waals surface area contributed by atoms with E-state index in [0.717, 1.165) is 0 Å². The van der Waals surface area contributed by atoms with E-state index in [4.69, 9.17) is 0 Å². The van der Waals surface area contributed by atoms with Crippen molar-refractivity contribution in [3.8, 4) is 44.5 Å². The summed E-state index contributed by atoms with van der Waals surface area (Å²) in [5.41, 5.74) is 16.3. The van der Waals surface area contributed by atoms with Crippen LogP contribution in [0, 0.1) is 0 Å². The SMILES string of the molecule is CC1(C)c2ccccc2-c2cc3c(cc21)C(C)(C)c1cc(-c2c4ccccc4c(-c4ccc5c(c4)sc4ccccc45)c4ccccc24)ccc1-3. The first-order valence-electron chi connectivity index (χ1n) is 18.1. The van der Waals surface area contributed by atoms with E-state index in [9.17, 15) is 0 Å². The minimum absolute atomic E-state index is 0.0158. The van der Waals surface area contributed by atoms with Gasteiger partial charge in [-0.1, -0.05) is 149 Å². The molecule has 9 aromatic rings. The zero-order valence-electron chi connectivity index (χ0n) is 29.3. The van der Waals surface area contributed by atoms with Gasteiger partial charge in [-0.15, -0.1) is 11.3 Å². The topological polar surface area (TPSA) is 0 Å². The Kier molecular flexibility index (Phi) is 5.77. The van der Waals surface area contributed by atoms with Crippen LogP contribution in [0.5, 0.6) is 0 Å². The summed E-state index contributed by atoms with van der Waals surface area (Å²) in [6, 6.07) is 55.3. The van der Waals surface area contributed by atoms with Gasteiger partial charge in [-0.05, 0) is 113 Å². The van der Waals surface area contributed by atoms with Crippen LogP contribution in [0.1, 0.15) is 49.9 Å². The molecule has 1 heteroatoms. The number of rotatable bonds is 2. The molecular formula is C50H36S. The first-order valence-corrected chi connectivity index (χ1v) is 18.9. The Morgan fingerprint density at radius 1 is 0.333 bits per heavy atom. The van der Waals surface area contributed by atoms with Gasteiger partial charge in [0.1, 0.15) is 0 Å². The number of hydrogen-bond donors (Lipinski definition) is 0. The van der Waals surface area contributed by atoms with Gasteiger partial charge in [0, 0.05) is 31.0 Å². The molecule has 0 aliphatic heterocycles. The smallest absolute Gasteiger partial charge is 0.0361 e. The molecule has 2 aliphatic carbocycles. The van der Waals surface area contributed by atoms with E-state index in [2.05, 4.69) is 173 Å². The first kappa shape index (κ1) is 29.3. The molecule has 8 aromatic carbocycles. The van der Waals surface area contributed by atoms with Gasteiger partial charge < -0.3 is 0 Å². The summed E-state index contributed by atoms with van der Waals surface area (Å²) >= 11 is 1.89. The number of fused-ring (bicyclic) bond motifs is 11. The molecule has 0 unspecified atom stereocenters. The van der Waals surface area contributed by atoms with E-state index in [1.165, 1.54) is 108 Å². The Morgan fingerprint density at radius 2 is 0.804 bits per heavy atom. The lowest BCUT2D eigenvalue weighted by molar-refractivity contribution is 0.639. The van der Waals surface area contributed by atoms with E-state index in [0.29, 0.717) is 0 Å². The summed E-state index contributed by atoms with van der Waals surface area (Å²) in [6.45, 7) is 9.62. The van der Waals surface area contributed by atoms with Crippen LogP contribution in [-0.4, -0.2) is 0 Å². The zero-order chi connectivity index (χ0) is 34.2. The zero-order valence-corrected chi connectivity index (χ0v) is 30.1. The molecule has 11 rings (SSSR count). The second-order valence-electron chi connectivity index (χ2n) is 15.6. The van der Waals surface area contributed by atoms with Gasteiger partial charge >= 0.3 is 0 Å². The summed E-state index contributed by atoms with van der Waals surface area (Å²) in [5.74, 6) is 0. The van der Waals surface area contributed by atoms with Gasteiger partial charge in [0.15, 0.2) is 0 Å². The van der Waals surface area contributed by atoms with E-state index in [-0.39, 0.29) is 10.8 Å². The fraction of sp³-hybridized carbons (Fsp3) is 0.120. The summed E-state index contributed by atoms with van der Waals surface area (Å²) in [4.78, 5) is 0. The molecule has 1 heterocycles. The lowest BCUT2D eigenvalue weighted by Gasteiger charge is -2.26. The van der Waals surface area contributed by atoms with Crippen molar-refractivity contribution in [2.45, 2.75) is 38.5 Å². The van der Waals surface area contributed by atoms with Crippen LogP contribution in [0.2, 0.25) is 0 Å². The maximum absolute atomic E-state index is 2.54. The molecule has 0 atom stereocenters. The van der Waals surface area contributed by atoms with Crippen LogP contribution >= 0.6 is 11.3 Å². The van der Waals surface area contributed by atoms with E-state index < -0.39 is 0 Å². The van der Waals surface area contributed by atoms with Crippen molar-refractivity contribution in [2.75, 3.05) is 0 Å². The average molecular weight is 669 g/mol. The highest BCUT2D eigenvalue weighted by atomic mass is 32.1. The highest BCUT2D eigenvalue weighted by Gasteiger charge is 2.41. The van der Waals surface area contributed by atoms with Crippen molar-refractivity contribution >= 4 is 53.1 Å². The summed E-state index contributed by atoms with van der Waals surface area (Å²) in [5, 5.41) is 7.87. The van der Waals surface area contributed by atoms with Crippen molar-refractivity contribution < 1.29 is 0 Å². The fourth-order valence-corrected chi connectivity index (χ4v) is 10.9. The minimum Gasteiger partial charge on any atom is -0.135 e. The lowest BCUT2D eigenvalue weighted by Crippen LogP contribution is -2.18. The highest BCUT2D eigenvalue weighted by Crippen LogP contribution is 2.57. The second kappa shape index (κ2) is 10.1. The van der Waals surface area contributed by atoms with Gasteiger partial charge in [0.25, 0.3) is 0 Å². The molecular weight excluding hydrogens is 633 g/mol. The van der Waals surface area contributed by atoms with Crippen LogP contribution in [-0.2, 0) is 10.8 Å². The lowest BCUT2D eigenvalue weighted by atomic mass is 9.77. The van der Waals surface area contributed by atoms with Crippen molar-refractivity contribution in [1.82, 2.24) is 0 Å². The van der Waals surface area contributed by atoms with Crippen LogP contribution in [0.4, 0.5) is 0 Å². The second-order valence-corrected chi connectivity index (χ2v) is 16.7. The maximum atomic E-state index is 2.54. The Bertz CT molecular complexity index is 2910. The summed E-state index contributed by atoms with van der Waals surface area (Å²) in [6.07, 6.45) is 0. The number of hydrogen-bond acceptors (Lipinski definition) is 1. The molecule has 0 bridgehead atoms. The van der Waals surface area contributed by atoms with E-state index in [1.807, 2.05) is 11.3 Å². The molecule has 0 spiro atoms. The van der Waals surface area contributed by atoms with Crippen LogP contribution in [0.3, 0.4) is 0 Å². The van der Waals surface area contributed by atoms with Crippen molar-refractivity contribution in [2.24, 2.45) is 0 Å². The number of benzene rings is 8. The molecule has 0 fully saturated rings. The van der Waals surface area contributed by atoms with Gasteiger partial charge in [-0.3, -0.25) is 0 Å². The van der Waals surface area contributed by atoms with Crippen LogP contribution < -0.4 is 0 Å². The molecule has 0 saturated heterocycles. The Balaban J connectivity index is 1.13. The summed E-state index contributed by atoms with van der Waals surface area (Å²) < 4.78 is 2.68. The third-order valence-corrected chi connectivity index (χ3v) is 13.4. The molecule has 242 valence electrons. The third-order valence-electron chi connectivity index (χ3n) is 12.3. The average Bonchev–Trinajstić information content (AvgIpc) is 3.72. The Hall–Kier alpha value is -5.50. The molecule has 2 aliphatic rings. The predicted molar refractivity (Wildman–Crippen MR) is 220 cm³/mol. The molecule has 51 heavy (non-hydrogen) atoms. The highest BCUT2D eigenvalue weighted by molar-refractivity contribution is 7.25. The molecule has 0 saturated carbocycles. The van der Waals surface area contributed by atoms with Crippen LogP contribution in [0.25, 0.3) is 86.2 Å². The molecule has 0 nitrogen and oxygen atoms in total. The molecule has 0 amide bonds. The quantitative estimate of drug-likeness (QED) is 0.161. The molecule has 0 N–H and O–H groups in total. The molecule has 0 radical (unpaired) electrons. The fourth-order valence-electron chi connectivity index (χ4n) is 9.72. The monoisotopic (exact) mass is 668 g/mol. The predicted octanol–water partition coefficient (Wildman–Crippen LogP) is 14.3. The summed E-state index contributed by atoms with van der Waals surface area (Å²) in [7, 11) is 0. The normalized spacial score (nSPS) is 15.0.